The molecule has 0 saturated heterocycles. The Morgan fingerprint density at radius 1 is 1.09 bits per heavy atom. The second-order valence-electron chi connectivity index (χ2n) is 7.50. The maximum Gasteiger partial charge on any atom is 0.412 e. The average Bonchev–Trinajstić information content (AvgIpc) is 3.29. The summed E-state index contributed by atoms with van der Waals surface area (Å²) >= 11 is 2.10. The predicted octanol–water partition coefficient (Wildman–Crippen LogP) is 5.18. The highest BCUT2D eigenvalue weighted by Gasteiger charge is 2.21. The molecule has 0 aromatic heterocycles. The number of phenols is 1. The summed E-state index contributed by atoms with van der Waals surface area (Å²) in [7, 11) is 0. The largest absolute Gasteiger partial charge is 0.508 e. The maximum atomic E-state index is 12.7. The van der Waals surface area contributed by atoms with Crippen LogP contribution in [0.25, 0.3) is 0 Å². The molecule has 1 aliphatic heterocycles. The van der Waals surface area contributed by atoms with E-state index in [1.807, 2.05) is 0 Å². The molecule has 3 aromatic carbocycles. The lowest BCUT2D eigenvalue weighted by molar-refractivity contribution is -0.111. The van der Waals surface area contributed by atoms with Crippen molar-refractivity contribution in [3.63, 3.8) is 0 Å². The van der Waals surface area contributed by atoms with Crippen molar-refractivity contribution in [3.05, 3.63) is 81.9 Å². The van der Waals surface area contributed by atoms with Gasteiger partial charge in [0.05, 0.1) is 11.4 Å². The highest BCUT2D eigenvalue weighted by Crippen LogP contribution is 2.35. The first-order valence-electron chi connectivity index (χ1n) is 10.6. The minimum absolute atomic E-state index is 0.0267. The molecule has 1 atom stereocenters. The van der Waals surface area contributed by atoms with Crippen molar-refractivity contribution >= 4 is 51.7 Å². The van der Waals surface area contributed by atoms with Crippen LogP contribution in [0.1, 0.15) is 18.1 Å². The van der Waals surface area contributed by atoms with Gasteiger partial charge in [0.25, 0.3) is 0 Å². The molecule has 0 spiro atoms. The van der Waals surface area contributed by atoms with E-state index in [1.54, 1.807) is 60.7 Å². The number of hydrogen-bond acceptors (Lipinski definition) is 7. The van der Waals surface area contributed by atoms with Gasteiger partial charge in [-0.1, -0.05) is 18.2 Å². The fourth-order valence-electron chi connectivity index (χ4n) is 3.36. The number of para-hydroxylation sites is 2. The number of ether oxygens (including phenoxy) is 3. The highest BCUT2D eigenvalue weighted by atomic mass is 127. The molecule has 10 heteroatoms. The topological polar surface area (TPSA) is 132 Å². The molecule has 0 unspecified atom stereocenters. The molecule has 0 fully saturated rings. The summed E-state index contributed by atoms with van der Waals surface area (Å²) in [5.74, 6) is 0.688. The van der Waals surface area contributed by atoms with Gasteiger partial charge < -0.3 is 30.4 Å². The third-order valence-corrected chi connectivity index (χ3v) is 5.71. The number of halogens is 1. The van der Waals surface area contributed by atoms with Gasteiger partial charge in [-0.05, 0) is 71.1 Å². The minimum Gasteiger partial charge on any atom is -0.508 e. The predicted molar refractivity (Wildman–Crippen MR) is 139 cm³/mol. The van der Waals surface area contributed by atoms with Crippen molar-refractivity contribution in [3.8, 4) is 17.2 Å². The standard InChI is InChI=1S/C25H22IN3O6/c26-15-8-10-20(30)17(12-15)21(6-3-7-24(31)29-19-5-2-1-4-18(19)27)35-25(32)28-16-9-11-22-23(13-16)34-14-33-22/h1-5,7-13,21,30H,6,14,27H2,(H,28,32)(H,29,31)/b7-3+/t21-/m0/s1. The lowest BCUT2D eigenvalue weighted by Crippen LogP contribution is -2.18. The number of nitrogens with two attached hydrogens (primary N) is 1. The fourth-order valence-corrected chi connectivity index (χ4v) is 3.87. The number of rotatable bonds is 7. The summed E-state index contributed by atoms with van der Waals surface area (Å²) in [5.41, 5.74) is 7.66. The van der Waals surface area contributed by atoms with Gasteiger partial charge in [-0.2, -0.15) is 0 Å². The van der Waals surface area contributed by atoms with Crippen molar-refractivity contribution in [1.82, 2.24) is 0 Å². The summed E-state index contributed by atoms with van der Waals surface area (Å²) in [6, 6.07) is 16.8. The van der Waals surface area contributed by atoms with E-state index in [1.165, 1.54) is 12.1 Å². The molecule has 9 nitrogen and oxygen atoms in total. The Balaban J connectivity index is 1.45. The Kier molecular flexibility index (Phi) is 7.60. The zero-order valence-electron chi connectivity index (χ0n) is 18.4. The number of amides is 2. The lowest BCUT2D eigenvalue weighted by Gasteiger charge is -2.19. The third-order valence-electron chi connectivity index (χ3n) is 5.04. The molecule has 0 bridgehead atoms. The van der Waals surface area contributed by atoms with Gasteiger partial charge in [-0.3, -0.25) is 10.1 Å². The number of nitrogen functional groups attached to an aromatic ring is 1. The number of carbonyl (C=O) groups excluding carboxylic acids is 2. The van der Waals surface area contributed by atoms with Crippen LogP contribution >= 0.6 is 22.6 Å². The Bertz CT molecular complexity index is 1280. The molecule has 4 rings (SSSR count). The minimum atomic E-state index is -0.857. The number of benzene rings is 3. The van der Waals surface area contributed by atoms with Crippen LogP contribution in [-0.2, 0) is 9.53 Å². The zero-order chi connectivity index (χ0) is 24.8. The Morgan fingerprint density at radius 2 is 1.89 bits per heavy atom. The molecule has 5 N–H and O–H groups in total. The normalized spacial score (nSPS) is 12.8. The first-order chi connectivity index (χ1) is 16.9. The molecular formula is C25H22IN3O6. The van der Waals surface area contributed by atoms with E-state index >= 15 is 0 Å². The summed E-state index contributed by atoms with van der Waals surface area (Å²) in [6.45, 7) is 0.119. The van der Waals surface area contributed by atoms with Crippen molar-refractivity contribution in [1.29, 1.82) is 0 Å². The third kappa shape index (κ3) is 6.35. The molecule has 0 aliphatic carbocycles. The monoisotopic (exact) mass is 587 g/mol. The number of aromatic hydroxyl groups is 1. The summed E-state index contributed by atoms with van der Waals surface area (Å²) in [5, 5.41) is 15.7. The van der Waals surface area contributed by atoms with E-state index in [0.29, 0.717) is 34.1 Å². The van der Waals surface area contributed by atoms with E-state index in [0.717, 1.165) is 3.57 Å². The second-order valence-corrected chi connectivity index (χ2v) is 8.75. The number of nitrogens with one attached hydrogen (secondary N) is 2. The van der Waals surface area contributed by atoms with Crippen LogP contribution in [0.4, 0.5) is 21.9 Å². The van der Waals surface area contributed by atoms with Crippen LogP contribution in [0.2, 0.25) is 0 Å². The number of hydrogen-bond donors (Lipinski definition) is 4. The van der Waals surface area contributed by atoms with E-state index in [9.17, 15) is 14.7 Å². The summed E-state index contributed by atoms with van der Waals surface area (Å²) in [4.78, 5) is 25.0. The first kappa shape index (κ1) is 24.2. The van der Waals surface area contributed by atoms with Crippen molar-refractivity contribution in [2.24, 2.45) is 0 Å². The lowest BCUT2D eigenvalue weighted by atomic mass is 10.0. The molecule has 1 heterocycles. The number of anilines is 3. The van der Waals surface area contributed by atoms with Crippen molar-refractivity contribution in [2.45, 2.75) is 12.5 Å². The van der Waals surface area contributed by atoms with E-state index < -0.39 is 18.1 Å². The van der Waals surface area contributed by atoms with Gasteiger partial charge in [-0.15, -0.1) is 0 Å². The van der Waals surface area contributed by atoms with Crippen LogP contribution in [0.5, 0.6) is 17.2 Å². The molecule has 3 aromatic rings. The molecular weight excluding hydrogens is 565 g/mol. The van der Waals surface area contributed by atoms with Crippen LogP contribution in [0, 0.1) is 3.57 Å². The van der Waals surface area contributed by atoms with Gasteiger partial charge in [0, 0.05) is 27.3 Å². The first-order valence-corrected chi connectivity index (χ1v) is 11.6. The van der Waals surface area contributed by atoms with Crippen LogP contribution in [0.3, 0.4) is 0 Å². The number of phenolic OH excluding ortho intramolecular Hbond substituents is 1. The molecule has 1 aliphatic rings. The second kappa shape index (κ2) is 11.0. The summed E-state index contributed by atoms with van der Waals surface area (Å²) < 4.78 is 17.1. The SMILES string of the molecule is Nc1ccccc1NC(=O)/C=C/C[C@H](OC(=O)Nc1ccc2c(c1)OCO2)c1cc(I)ccc1O. The Labute approximate surface area is 215 Å². The van der Waals surface area contributed by atoms with E-state index in [2.05, 4.69) is 33.2 Å². The van der Waals surface area contributed by atoms with Crippen molar-refractivity contribution in [2.75, 3.05) is 23.2 Å². The summed E-state index contributed by atoms with van der Waals surface area (Å²) in [6.07, 6.45) is 1.43. The van der Waals surface area contributed by atoms with Crippen LogP contribution in [-0.4, -0.2) is 23.9 Å². The van der Waals surface area contributed by atoms with Crippen LogP contribution < -0.4 is 25.8 Å². The molecule has 0 radical (unpaired) electrons. The Morgan fingerprint density at radius 3 is 2.71 bits per heavy atom. The van der Waals surface area contributed by atoms with E-state index in [-0.39, 0.29) is 19.0 Å². The van der Waals surface area contributed by atoms with Gasteiger partial charge >= 0.3 is 6.09 Å². The molecule has 35 heavy (non-hydrogen) atoms. The molecule has 2 amide bonds. The average molecular weight is 587 g/mol. The van der Waals surface area contributed by atoms with Gasteiger partial charge in [0.2, 0.25) is 12.7 Å². The molecule has 0 saturated carbocycles. The fraction of sp³-hybridized carbons (Fsp3) is 0.120. The van der Waals surface area contributed by atoms with Crippen molar-refractivity contribution < 1.29 is 28.9 Å². The van der Waals surface area contributed by atoms with Gasteiger partial charge in [0.15, 0.2) is 11.5 Å². The smallest absolute Gasteiger partial charge is 0.412 e. The number of carbonyl (C=O) groups is 2. The molecule has 180 valence electrons. The quantitative estimate of drug-likeness (QED) is 0.170. The van der Waals surface area contributed by atoms with Gasteiger partial charge in [0.1, 0.15) is 11.9 Å². The Hall–Kier alpha value is -3.93. The van der Waals surface area contributed by atoms with E-state index in [4.69, 9.17) is 19.9 Å². The highest BCUT2D eigenvalue weighted by molar-refractivity contribution is 14.1. The zero-order valence-corrected chi connectivity index (χ0v) is 20.5. The number of fused-ring (bicyclic) bond motifs is 1. The maximum absolute atomic E-state index is 12.7. The van der Waals surface area contributed by atoms with Gasteiger partial charge in [-0.25, -0.2) is 4.79 Å². The van der Waals surface area contributed by atoms with Crippen LogP contribution in [0.15, 0.2) is 72.8 Å².